The second-order valence-electron chi connectivity index (χ2n) is 9.62. The van der Waals surface area contributed by atoms with E-state index in [2.05, 4.69) is 26.8 Å². The van der Waals surface area contributed by atoms with Gasteiger partial charge in [-0.15, -0.1) is 0 Å². The van der Waals surface area contributed by atoms with Crippen LogP contribution in [0.2, 0.25) is 0 Å². The van der Waals surface area contributed by atoms with Crippen molar-refractivity contribution in [1.82, 2.24) is 15.1 Å². The summed E-state index contributed by atoms with van der Waals surface area (Å²) >= 11 is 0. The number of hydrogen-bond donors (Lipinski definition) is 2. The monoisotopic (exact) mass is 503 g/mol. The van der Waals surface area contributed by atoms with Crippen LogP contribution in [0.25, 0.3) is 22.3 Å². The van der Waals surface area contributed by atoms with E-state index in [0.29, 0.717) is 40.0 Å². The Morgan fingerprint density at radius 2 is 1.71 bits per heavy atom. The molecule has 1 saturated carbocycles. The number of anilines is 2. The fourth-order valence-corrected chi connectivity index (χ4v) is 4.52. The number of benzene rings is 2. The van der Waals surface area contributed by atoms with Crippen molar-refractivity contribution in [3.63, 3.8) is 0 Å². The van der Waals surface area contributed by atoms with Crippen molar-refractivity contribution in [1.29, 1.82) is 0 Å². The molecule has 1 aliphatic rings. The van der Waals surface area contributed by atoms with Gasteiger partial charge in [-0.1, -0.05) is 22.9 Å². The summed E-state index contributed by atoms with van der Waals surface area (Å²) in [4.78, 5) is 35.4. The largest absolute Gasteiger partial charge is 0.338 e. The number of hydrogen-bond acceptors (Lipinski definition) is 6. The SMILES string of the molecule is Cc1cc(C)c2nc(-c3ccccn3)cc(C(=O)Nc3ccc(C(=O)Nc4cc(C5CC5)no4)cc3)c2c1. The first-order valence-electron chi connectivity index (χ1n) is 12.5. The minimum Gasteiger partial charge on any atom is -0.338 e. The third-order valence-electron chi connectivity index (χ3n) is 6.59. The number of carbonyl (C=O) groups excluding carboxylic acids is 2. The van der Waals surface area contributed by atoms with Gasteiger partial charge >= 0.3 is 0 Å². The summed E-state index contributed by atoms with van der Waals surface area (Å²) in [7, 11) is 0. The Kier molecular flexibility index (Phi) is 5.92. The first-order valence-corrected chi connectivity index (χ1v) is 12.5. The maximum Gasteiger partial charge on any atom is 0.258 e. The number of pyridine rings is 2. The maximum absolute atomic E-state index is 13.5. The highest BCUT2D eigenvalue weighted by Gasteiger charge is 2.27. The molecule has 0 atom stereocenters. The van der Waals surface area contributed by atoms with Gasteiger partial charge < -0.3 is 9.84 Å². The van der Waals surface area contributed by atoms with Gasteiger partial charge in [0.15, 0.2) is 0 Å². The highest BCUT2D eigenvalue weighted by molar-refractivity contribution is 6.13. The Balaban J connectivity index is 1.24. The highest BCUT2D eigenvalue weighted by Crippen LogP contribution is 2.40. The van der Waals surface area contributed by atoms with Gasteiger partial charge in [-0.25, -0.2) is 4.98 Å². The van der Waals surface area contributed by atoms with Crippen LogP contribution in [0, 0.1) is 13.8 Å². The Morgan fingerprint density at radius 1 is 0.895 bits per heavy atom. The summed E-state index contributed by atoms with van der Waals surface area (Å²) in [5.41, 5.74) is 6.48. The van der Waals surface area contributed by atoms with Gasteiger partial charge in [0.25, 0.3) is 11.8 Å². The molecule has 38 heavy (non-hydrogen) atoms. The summed E-state index contributed by atoms with van der Waals surface area (Å²) in [6.07, 6.45) is 3.91. The van der Waals surface area contributed by atoms with Crippen molar-refractivity contribution in [2.75, 3.05) is 10.6 Å². The normalized spacial score (nSPS) is 12.9. The minimum atomic E-state index is -0.313. The predicted octanol–water partition coefficient (Wildman–Crippen LogP) is 6.28. The van der Waals surface area contributed by atoms with Crippen LogP contribution >= 0.6 is 0 Å². The average Bonchev–Trinajstić information content (AvgIpc) is 3.67. The van der Waals surface area contributed by atoms with E-state index in [1.165, 1.54) is 0 Å². The number of aromatic nitrogens is 3. The van der Waals surface area contributed by atoms with Crippen LogP contribution in [0.4, 0.5) is 11.6 Å². The number of aryl methyl sites for hydroxylation is 2. The molecular formula is C30H25N5O3. The molecule has 8 heteroatoms. The molecular weight excluding hydrogens is 478 g/mol. The second-order valence-corrected chi connectivity index (χ2v) is 9.62. The molecule has 0 unspecified atom stereocenters. The van der Waals surface area contributed by atoms with E-state index < -0.39 is 0 Å². The number of nitrogens with zero attached hydrogens (tertiary/aromatic N) is 3. The van der Waals surface area contributed by atoms with Crippen LogP contribution in [0.5, 0.6) is 0 Å². The summed E-state index contributed by atoms with van der Waals surface area (Å²) in [5, 5.41) is 10.5. The molecule has 1 aliphatic carbocycles. The number of nitrogens with one attached hydrogen (secondary N) is 2. The van der Waals surface area contributed by atoms with Gasteiger partial charge in [0.1, 0.15) is 0 Å². The molecule has 0 bridgehead atoms. The standard InChI is InChI=1S/C30H25N5O3/c1-17-13-18(2)28-22(14-17)23(15-26(33-28)24-5-3-4-12-31-24)30(37)32-21-10-8-20(9-11-21)29(36)34-27-16-25(35-38-27)19-6-7-19/h3-5,8-16,19H,6-7H2,1-2H3,(H,32,37)(H,34,36). The van der Waals surface area contributed by atoms with E-state index >= 15 is 0 Å². The molecule has 5 aromatic rings. The lowest BCUT2D eigenvalue weighted by Crippen LogP contribution is -2.14. The molecule has 3 aromatic heterocycles. The van der Waals surface area contributed by atoms with E-state index in [4.69, 9.17) is 9.51 Å². The fourth-order valence-electron chi connectivity index (χ4n) is 4.52. The minimum absolute atomic E-state index is 0.272. The smallest absolute Gasteiger partial charge is 0.258 e. The molecule has 8 nitrogen and oxygen atoms in total. The summed E-state index contributed by atoms with van der Waals surface area (Å²) in [6, 6.07) is 19.9. The molecule has 3 heterocycles. The lowest BCUT2D eigenvalue weighted by atomic mass is 10.00. The van der Waals surface area contributed by atoms with Gasteiger partial charge in [0.05, 0.1) is 28.2 Å². The molecule has 2 amide bonds. The lowest BCUT2D eigenvalue weighted by Gasteiger charge is -2.13. The Labute approximate surface area is 219 Å². The van der Waals surface area contributed by atoms with Crippen molar-refractivity contribution in [3.05, 3.63) is 101 Å². The lowest BCUT2D eigenvalue weighted by molar-refractivity contribution is 0.101. The fraction of sp³-hybridized carbons (Fsp3) is 0.167. The van der Waals surface area contributed by atoms with Gasteiger partial charge in [0.2, 0.25) is 5.88 Å². The van der Waals surface area contributed by atoms with Crippen molar-refractivity contribution in [2.45, 2.75) is 32.6 Å². The van der Waals surface area contributed by atoms with Crippen LogP contribution in [-0.4, -0.2) is 26.9 Å². The number of fused-ring (bicyclic) bond motifs is 1. The zero-order chi connectivity index (χ0) is 26.2. The first-order chi connectivity index (χ1) is 18.4. The molecule has 0 saturated heterocycles. The Hall–Kier alpha value is -4.85. The molecule has 0 radical (unpaired) electrons. The quantitative estimate of drug-likeness (QED) is 0.282. The van der Waals surface area contributed by atoms with Crippen molar-refractivity contribution < 1.29 is 14.1 Å². The van der Waals surface area contributed by atoms with Gasteiger partial charge in [0, 0.05) is 34.8 Å². The van der Waals surface area contributed by atoms with Crippen LogP contribution in [-0.2, 0) is 0 Å². The molecule has 6 rings (SSSR count). The molecule has 188 valence electrons. The van der Waals surface area contributed by atoms with E-state index in [1.807, 2.05) is 38.1 Å². The van der Waals surface area contributed by atoms with Gasteiger partial charge in [-0.3, -0.25) is 19.9 Å². The van der Waals surface area contributed by atoms with Crippen molar-refractivity contribution in [2.24, 2.45) is 0 Å². The average molecular weight is 504 g/mol. The van der Waals surface area contributed by atoms with E-state index in [0.717, 1.165) is 40.6 Å². The van der Waals surface area contributed by atoms with E-state index in [-0.39, 0.29) is 11.8 Å². The maximum atomic E-state index is 13.5. The zero-order valence-electron chi connectivity index (χ0n) is 21.0. The molecule has 0 spiro atoms. The number of rotatable bonds is 6. The molecule has 2 aromatic carbocycles. The highest BCUT2D eigenvalue weighted by atomic mass is 16.5. The Morgan fingerprint density at radius 3 is 2.45 bits per heavy atom. The third-order valence-corrected chi connectivity index (χ3v) is 6.59. The van der Waals surface area contributed by atoms with Crippen molar-refractivity contribution in [3.8, 4) is 11.4 Å². The zero-order valence-corrected chi connectivity index (χ0v) is 21.0. The number of amides is 2. The van der Waals surface area contributed by atoms with Crippen LogP contribution < -0.4 is 10.6 Å². The predicted molar refractivity (Wildman–Crippen MR) is 145 cm³/mol. The van der Waals surface area contributed by atoms with Crippen LogP contribution in [0.1, 0.15) is 56.3 Å². The summed E-state index contributed by atoms with van der Waals surface area (Å²) in [6.45, 7) is 3.98. The van der Waals surface area contributed by atoms with Gasteiger partial charge in [-0.05, 0) is 80.8 Å². The van der Waals surface area contributed by atoms with Crippen molar-refractivity contribution >= 4 is 34.3 Å². The molecule has 1 fully saturated rings. The summed E-state index contributed by atoms with van der Waals surface area (Å²) < 4.78 is 5.23. The topological polar surface area (TPSA) is 110 Å². The summed E-state index contributed by atoms with van der Waals surface area (Å²) in [5.74, 6) is 0.185. The first kappa shape index (κ1) is 23.5. The number of carbonyl (C=O) groups is 2. The van der Waals surface area contributed by atoms with Crippen LogP contribution in [0.3, 0.4) is 0 Å². The third kappa shape index (κ3) is 4.76. The van der Waals surface area contributed by atoms with E-state index in [1.54, 1.807) is 42.6 Å². The van der Waals surface area contributed by atoms with Gasteiger partial charge in [-0.2, -0.15) is 0 Å². The molecule has 2 N–H and O–H groups in total. The Bertz CT molecular complexity index is 1670. The second kappa shape index (κ2) is 9.55. The molecule has 0 aliphatic heterocycles. The van der Waals surface area contributed by atoms with E-state index in [9.17, 15) is 9.59 Å². The van der Waals surface area contributed by atoms with Crippen LogP contribution in [0.15, 0.2) is 77.4 Å².